The molecular weight excluding hydrogens is 224 g/mol. The minimum Gasteiger partial charge on any atom is -0.479 e. The van der Waals surface area contributed by atoms with Gasteiger partial charge in [0.15, 0.2) is 6.10 Å². The number of carboxylic acids is 1. The van der Waals surface area contributed by atoms with Crippen LogP contribution in [-0.4, -0.2) is 51.8 Å². The van der Waals surface area contributed by atoms with Crippen LogP contribution in [0.3, 0.4) is 0 Å². The molecule has 1 aliphatic heterocycles. The van der Waals surface area contributed by atoms with Gasteiger partial charge in [-0.1, -0.05) is 11.8 Å². The van der Waals surface area contributed by atoms with Crippen molar-refractivity contribution in [2.75, 3.05) is 12.3 Å². The summed E-state index contributed by atoms with van der Waals surface area (Å²) in [7, 11) is 0. The standard InChI is InChI=1S/C7H10N2O5S/c10-4(6(12)13)1-8-5(11)3-2-15-7(14)9-3/h3-4,10H,1-2H2,(H,8,11)(H,9,14)(H,12,13)/t3?,4-/m0/s1. The van der Waals surface area contributed by atoms with Crippen LogP contribution in [0.5, 0.6) is 0 Å². The van der Waals surface area contributed by atoms with Crippen LogP contribution in [0.2, 0.25) is 0 Å². The Balaban J connectivity index is 2.30. The van der Waals surface area contributed by atoms with Crippen molar-refractivity contribution in [1.82, 2.24) is 10.6 Å². The van der Waals surface area contributed by atoms with Gasteiger partial charge in [-0.3, -0.25) is 9.59 Å². The highest BCUT2D eigenvalue weighted by molar-refractivity contribution is 8.14. The van der Waals surface area contributed by atoms with Crippen molar-refractivity contribution in [3.63, 3.8) is 0 Å². The second kappa shape index (κ2) is 4.99. The molecular formula is C7H10N2O5S. The number of carbonyl (C=O) groups is 3. The van der Waals surface area contributed by atoms with Crippen molar-refractivity contribution in [2.24, 2.45) is 0 Å². The molecule has 1 fully saturated rings. The quantitative estimate of drug-likeness (QED) is 0.464. The molecule has 0 saturated carbocycles. The van der Waals surface area contributed by atoms with E-state index in [2.05, 4.69) is 10.6 Å². The average Bonchev–Trinajstić information content (AvgIpc) is 2.60. The lowest BCUT2D eigenvalue weighted by Gasteiger charge is -2.11. The van der Waals surface area contributed by atoms with E-state index >= 15 is 0 Å². The fraction of sp³-hybridized carbons (Fsp3) is 0.571. The van der Waals surface area contributed by atoms with E-state index < -0.39 is 24.0 Å². The second-order valence-electron chi connectivity index (χ2n) is 2.89. The number of thioether (sulfide) groups is 1. The van der Waals surface area contributed by atoms with Gasteiger partial charge < -0.3 is 20.8 Å². The molecule has 0 aliphatic carbocycles. The summed E-state index contributed by atoms with van der Waals surface area (Å²) in [5.74, 6) is -1.58. The highest BCUT2D eigenvalue weighted by atomic mass is 32.2. The summed E-state index contributed by atoms with van der Waals surface area (Å²) < 4.78 is 0. The smallest absolute Gasteiger partial charge is 0.334 e. The molecule has 8 heteroatoms. The molecule has 1 rings (SSSR count). The van der Waals surface area contributed by atoms with Crippen LogP contribution < -0.4 is 10.6 Å². The molecule has 1 aliphatic rings. The summed E-state index contributed by atoms with van der Waals surface area (Å²) >= 11 is 0.985. The molecule has 0 aromatic carbocycles. The van der Waals surface area contributed by atoms with E-state index in [0.29, 0.717) is 5.75 Å². The highest BCUT2D eigenvalue weighted by Gasteiger charge is 2.28. The van der Waals surface area contributed by atoms with Gasteiger partial charge in [0.05, 0.1) is 6.54 Å². The first-order valence-electron chi connectivity index (χ1n) is 4.12. The molecule has 0 radical (unpaired) electrons. The van der Waals surface area contributed by atoms with Crippen LogP contribution in [0, 0.1) is 0 Å². The first-order valence-corrected chi connectivity index (χ1v) is 5.11. The minimum absolute atomic E-state index is 0.283. The summed E-state index contributed by atoms with van der Waals surface area (Å²) in [4.78, 5) is 32.2. The van der Waals surface area contributed by atoms with Gasteiger partial charge in [0.2, 0.25) is 5.91 Å². The fourth-order valence-corrected chi connectivity index (χ4v) is 1.71. The normalized spacial score (nSPS) is 21.9. The van der Waals surface area contributed by atoms with Crippen LogP contribution in [0.15, 0.2) is 0 Å². The minimum atomic E-state index is -1.63. The van der Waals surface area contributed by atoms with Crippen molar-refractivity contribution in [3.8, 4) is 0 Å². The number of carbonyl (C=O) groups excluding carboxylic acids is 2. The molecule has 0 aromatic rings. The molecule has 0 spiro atoms. The maximum Gasteiger partial charge on any atom is 0.334 e. The van der Waals surface area contributed by atoms with Crippen molar-refractivity contribution in [2.45, 2.75) is 12.1 Å². The summed E-state index contributed by atoms with van der Waals surface area (Å²) in [5.41, 5.74) is 0. The Morgan fingerprint density at radius 2 is 2.33 bits per heavy atom. The molecule has 7 nitrogen and oxygen atoms in total. The van der Waals surface area contributed by atoms with E-state index in [4.69, 9.17) is 10.2 Å². The molecule has 0 aromatic heterocycles. The predicted octanol–water partition coefficient (Wildman–Crippen LogP) is -1.63. The highest BCUT2D eigenvalue weighted by Crippen LogP contribution is 2.12. The second-order valence-corrected chi connectivity index (χ2v) is 3.89. The fourth-order valence-electron chi connectivity index (χ4n) is 0.934. The first-order chi connectivity index (χ1) is 7.00. The van der Waals surface area contributed by atoms with Crippen molar-refractivity contribution in [3.05, 3.63) is 0 Å². The lowest BCUT2D eigenvalue weighted by molar-refractivity contribution is -0.146. The number of aliphatic hydroxyl groups is 1. The number of hydrogen-bond acceptors (Lipinski definition) is 5. The van der Waals surface area contributed by atoms with E-state index in [-0.39, 0.29) is 11.8 Å². The molecule has 4 N–H and O–H groups in total. The van der Waals surface area contributed by atoms with E-state index in [1.54, 1.807) is 0 Å². The van der Waals surface area contributed by atoms with Gasteiger partial charge in [0.1, 0.15) is 6.04 Å². The summed E-state index contributed by atoms with van der Waals surface area (Å²) in [6.07, 6.45) is -1.63. The number of hydrogen-bond donors (Lipinski definition) is 4. The maximum atomic E-state index is 11.3. The Kier molecular flexibility index (Phi) is 3.92. The summed E-state index contributed by atoms with van der Waals surface area (Å²) in [5, 5.41) is 21.5. The maximum absolute atomic E-state index is 11.3. The molecule has 2 amide bonds. The van der Waals surface area contributed by atoms with Crippen molar-refractivity contribution in [1.29, 1.82) is 0 Å². The van der Waals surface area contributed by atoms with Crippen LogP contribution in [0.25, 0.3) is 0 Å². The zero-order valence-corrected chi connectivity index (χ0v) is 8.41. The molecule has 2 atom stereocenters. The number of aliphatic carboxylic acids is 1. The Morgan fingerprint density at radius 1 is 1.67 bits per heavy atom. The van der Waals surface area contributed by atoms with Crippen LogP contribution in [0.1, 0.15) is 0 Å². The van der Waals surface area contributed by atoms with Crippen LogP contribution in [-0.2, 0) is 9.59 Å². The van der Waals surface area contributed by atoms with Crippen molar-refractivity contribution < 1.29 is 24.6 Å². The molecule has 1 unspecified atom stereocenters. The van der Waals surface area contributed by atoms with Gasteiger partial charge >= 0.3 is 5.97 Å². The van der Waals surface area contributed by atoms with E-state index in [1.807, 2.05) is 0 Å². The Labute approximate surface area is 89.2 Å². The average molecular weight is 234 g/mol. The monoisotopic (exact) mass is 234 g/mol. The molecule has 0 bridgehead atoms. The number of rotatable bonds is 4. The Hall–Kier alpha value is -1.28. The van der Waals surface area contributed by atoms with Gasteiger partial charge in [-0.2, -0.15) is 0 Å². The lowest BCUT2D eigenvalue weighted by atomic mass is 10.3. The number of amides is 2. The molecule has 1 saturated heterocycles. The van der Waals surface area contributed by atoms with Crippen LogP contribution >= 0.6 is 11.8 Å². The molecule has 84 valence electrons. The molecule has 1 heterocycles. The Bertz CT molecular complexity index is 295. The SMILES string of the molecule is O=C1NC(C(=O)NC[C@H](O)C(=O)O)CS1. The van der Waals surface area contributed by atoms with Gasteiger partial charge in [0, 0.05) is 5.75 Å². The van der Waals surface area contributed by atoms with E-state index in [0.717, 1.165) is 11.8 Å². The number of carboxylic acid groups (broad SMARTS) is 1. The first kappa shape index (κ1) is 11.8. The zero-order valence-electron chi connectivity index (χ0n) is 7.60. The predicted molar refractivity (Wildman–Crippen MR) is 51.4 cm³/mol. The van der Waals surface area contributed by atoms with Gasteiger partial charge in [-0.15, -0.1) is 0 Å². The van der Waals surface area contributed by atoms with Crippen LogP contribution in [0.4, 0.5) is 4.79 Å². The van der Waals surface area contributed by atoms with Crippen molar-refractivity contribution >= 4 is 28.9 Å². The topological polar surface area (TPSA) is 116 Å². The summed E-state index contributed by atoms with van der Waals surface area (Å²) in [6.45, 7) is -0.370. The molecule has 15 heavy (non-hydrogen) atoms. The zero-order chi connectivity index (χ0) is 11.4. The third-order valence-electron chi connectivity index (χ3n) is 1.74. The number of aliphatic hydroxyl groups excluding tert-OH is 1. The lowest BCUT2D eigenvalue weighted by Crippen LogP contribution is -2.46. The Morgan fingerprint density at radius 3 is 2.80 bits per heavy atom. The van der Waals surface area contributed by atoms with Gasteiger partial charge in [-0.05, 0) is 0 Å². The largest absolute Gasteiger partial charge is 0.479 e. The van der Waals surface area contributed by atoms with E-state index in [9.17, 15) is 14.4 Å². The summed E-state index contributed by atoms with van der Waals surface area (Å²) in [6, 6.07) is -0.650. The van der Waals surface area contributed by atoms with Gasteiger partial charge in [-0.25, -0.2) is 4.79 Å². The van der Waals surface area contributed by atoms with E-state index in [1.165, 1.54) is 0 Å². The number of nitrogens with one attached hydrogen (secondary N) is 2. The van der Waals surface area contributed by atoms with Gasteiger partial charge in [0.25, 0.3) is 5.24 Å². The third kappa shape index (κ3) is 3.40. The third-order valence-corrected chi connectivity index (χ3v) is 2.62.